The fourth-order valence-corrected chi connectivity index (χ4v) is 4.28. The van der Waals surface area contributed by atoms with E-state index in [0.717, 1.165) is 5.56 Å². The van der Waals surface area contributed by atoms with E-state index in [1.54, 1.807) is 38.7 Å². The highest BCUT2D eigenvalue weighted by molar-refractivity contribution is 5.85. The Balaban J connectivity index is 1.94. The molecule has 1 aliphatic rings. The number of nitrogens with one attached hydrogen (secondary N) is 3. The van der Waals surface area contributed by atoms with E-state index >= 15 is 0 Å². The van der Waals surface area contributed by atoms with Gasteiger partial charge in [0.2, 0.25) is 6.41 Å². The smallest absolute Gasteiger partial charge is 0.412 e. The highest BCUT2D eigenvalue weighted by Gasteiger charge is 2.38. The summed E-state index contributed by atoms with van der Waals surface area (Å²) in [6.45, 7) is 11.3. The van der Waals surface area contributed by atoms with Gasteiger partial charge >= 0.3 is 12.2 Å². The zero-order chi connectivity index (χ0) is 27.2. The van der Waals surface area contributed by atoms with Crippen molar-refractivity contribution >= 4 is 24.3 Å². The van der Waals surface area contributed by atoms with Crippen molar-refractivity contribution in [3.05, 3.63) is 75.8 Å². The maximum atomic E-state index is 13.2. The third-order valence-electron chi connectivity index (χ3n) is 5.96. The molecule has 37 heavy (non-hydrogen) atoms. The molecule has 0 spiro atoms. The van der Waals surface area contributed by atoms with Crippen molar-refractivity contribution in [2.45, 2.75) is 58.8 Å². The third kappa shape index (κ3) is 7.45. The first kappa shape index (κ1) is 27.5. The number of anilines is 1. The van der Waals surface area contributed by atoms with Gasteiger partial charge in [-0.2, -0.15) is 0 Å². The second-order valence-electron chi connectivity index (χ2n) is 10.00. The lowest BCUT2D eigenvalue weighted by atomic mass is 9.85. The van der Waals surface area contributed by atoms with Crippen LogP contribution in [0.2, 0.25) is 0 Å². The summed E-state index contributed by atoms with van der Waals surface area (Å²) in [6.07, 6.45) is 0.114. The van der Waals surface area contributed by atoms with Crippen molar-refractivity contribution in [2.75, 3.05) is 11.9 Å². The highest BCUT2D eigenvalue weighted by atomic mass is 16.6. The number of H-pyrrole nitrogens is 1. The number of carbonyl (C=O) groups excluding carboxylic acids is 3. The molecule has 3 rings (SSSR count). The first-order chi connectivity index (χ1) is 17.5. The van der Waals surface area contributed by atoms with Crippen molar-refractivity contribution in [3.8, 4) is 0 Å². The van der Waals surface area contributed by atoms with E-state index in [0.29, 0.717) is 42.8 Å². The SMILES string of the molecule is C=C(NC=O)C1CCN(C(=O)OC(C)(C)C)C(c2cc(C)[nH]c(=O)c2NC(=O)OCc2ccccc2)C1. The van der Waals surface area contributed by atoms with Crippen LogP contribution in [0.1, 0.15) is 56.5 Å². The monoisotopic (exact) mass is 510 g/mol. The molecule has 3 N–H and O–H groups in total. The van der Waals surface area contributed by atoms with Gasteiger partial charge in [0.25, 0.3) is 5.56 Å². The summed E-state index contributed by atoms with van der Waals surface area (Å²) in [5.74, 6) is -0.161. The van der Waals surface area contributed by atoms with Crippen molar-refractivity contribution in [1.82, 2.24) is 15.2 Å². The molecular formula is C27H34N4O6. The topological polar surface area (TPSA) is 130 Å². The lowest BCUT2D eigenvalue weighted by Crippen LogP contribution is -2.45. The number of carbonyl (C=O) groups is 3. The molecule has 1 aromatic carbocycles. The van der Waals surface area contributed by atoms with E-state index in [1.807, 2.05) is 30.3 Å². The summed E-state index contributed by atoms with van der Waals surface area (Å²) < 4.78 is 11.0. The van der Waals surface area contributed by atoms with Gasteiger partial charge in [0, 0.05) is 29.4 Å². The van der Waals surface area contributed by atoms with E-state index in [9.17, 15) is 19.2 Å². The van der Waals surface area contributed by atoms with Gasteiger partial charge in [-0.05, 0) is 52.2 Å². The number of aromatic amines is 1. The Morgan fingerprint density at radius 1 is 1.24 bits per heavy atom. The Morgan fingerprint density at radius 2 is 1.95 bits per heavy atom. The van der Waals surface area contributed by atoms with Crippen molar-refractivity contribution in [2.24, 2.45) is 5.92 Å². The van der Waals surface area contributed by atoms with Crippen LogP contribution in [-0.4, -0.2) is 40.6 Å². The Bertz CT molecular complexity index is 1200. The number of hydrogen-bond acceptors (Lipinski definition) is 6. The number of benzene rings is 1. The predicted molar refractivity (Wildman–Crippen MR) is 139 cm³/mol. The maximum absolute atomic E-state index is 13.2. The maximum Gasteiger partial charge on any atom is 0.412 e. The number of hydrogen-bond donors (Lipinski definition) is 3. The van der Waals surface area contributed by atoms with E-state index in [1.165, 1.54) is 0 Å². The number of ether oxygens (including phenoxy) is 2. The summed E-state index contributed by atoms with van der Waals surface area (Å²) in [6, 6.07) is 10.2. The first-order valence-corrected chi connectivity index (χ1v) is 12.1. The minimum atomic E-state index is -0.803. The summed E-state index contributed by atoms with van der Waals surface area (Å²) >= 11 is 0. The molecule has 10 heteroatoms. The van der Waals surface area contributed by atoms with Crippen LogP contribution >= 0.6 is 0 Å². The summed E-state index contributed by atoms with van der Waals surface area (Å²) in [5, 5.41) is 5.18. The Morgan fingerprint density at radius 3 is 2.59 bits per heavy atom. The van der Waals surface area contributed by atoms with Crippen LogP contribution in [0, 0.1) is 12.8 Å². The molecule has 3 amide bonds. The van der Waals surface area contributed by atoms with Gasteiger partial charge in [-0.3, -0.25) is 14.9 Å². The van der Waals surface area contributed by atoms with Crippen molar-refractivity contribution in [1.29, 1.82) is 0 Å². The lowest BCUT2D eigenvalue weighted by Gasteiger charge is -2.41. The van der Waals surface area contributed by atoms with E-state index in [2.05, 4.69) is 22.2 Å². The highest BCUT2D eigenvalue weighted by Crippen LogP contribution is 2.39. The molecule has 1 aliphatic heterocycles. The molecular weight excluding hydrogens is 476 g/mol. The number of nitrogens with zero attached hydrogens (tertiary/aromatic N) is 1. The molecule has 198 valence electrons. The van der Waals surface area contributed by atoms with Crippen LogP contribution in [0.25, 0.3) is 0 Å². The van der Waals surface area contributed by atoms with E-state index < -0.39 is 29.4 Å². The van der Waals surface area contributed by atoms with Gasteiger partial charge in [-0.15, -0.1) is 0 Å². The zero-order valence-corrected chi connectivity index (χ0v) is 21.6. The second-order valence-corrected chi connectivity index (χ2v) is 10.00. The molecule has 0 bridgehead atoms. The number of aryl methyl sites for hydroxylation is 1. The molecule has 0 saturated carbocycles. The van der Waals surface area contributed by atoms with Gasteiger partial charge in [-0.1, -0.05) is 36.9 Å². The van der Waals surface area contributed by atoms with Crippen LogP contribution < -0.4 is 16.2 Å². The van der Waals surface area contributed by atoms with Crippen LogP contribution in [0.15, 0.2) is 53.5 Å². The van der Waals surface area contributed by atoms with Gasteiger partial charge in [0.15, 0.2) is 0 Å². The molecule has 2 atom stereocenters. The Labute approximate surface area is 216 Å². The number of aromatic nitrogens is 1. The average molecular weight is 511 g/mol. The Kier molecular flexibility index (Phi) is 8.75. The van der Waals surface area contributed by atoms with Crippen LogP contribution in [0.4, 0.5) is 15.3 Å². The van der Waals surface area contributed by atoms with E-state index in [4.69, 9.17) is 9.47 Å². The van der Waals surface area contributed by atoms with Crippen molar-refractivity contribution < 1.29 is 23.9 Å². The standard InChI is InChI=1S/C27H34N4O6/c1-17-13-21(23(24(33)29-17)30-25(34)36-15-19-9-7-6-8-10-19)22-14-20(18(2)28-16-32)11-12-31(22)26(35)37-27(3,4)5/h6-10,13,16,20,22H,2,11-12,14-15H2,1,3-5H3,(H,28,32)(H,29,33)(H,30,34). The van der Waals surface area contributed by atoms with Crippen LogP contribution in [0.3, 0.4) is 0 Å². The minimum absolute atomic E-state index is 0.0168. The second kappa shape index (κ2) is 11.8. The fourth-order valence-electron chi connectivity index (χ4n) is 4.28. The molecule has 2 heterocycles. The number of piperidine rings is 1. The predicted octanol–water partition coefficient (Wildman–Crippen LogP) is 4.38. The number of likely N-dealkylation sites (tertiary alicyclic amines) is 1. The molecule has 10 nitrogen and oxygen atoms in total. The van der Waals surface area contributed by atoms with Crippen LogP contribution in [-0.2, 0) is 20.9 Å². The number of amides is 3. The molecule has 0 radical (unpaired) electrons. The number of rotatable bonds is 7. The molecule has 2 unspecified atom stereocenters. The number of pyridine rings is 1. The quantitative estimate of drug-likeness (QED) is 0.474. The largest absolute Gasteiger partial charge is 0.444 e. The average Bonchev–Trinajstić information content (AvgIpc) is 2.83. The van der Waals surface area contributed by atoms with E-state index in [-0.39, 0.29) is 18.2 Å². The zero-order valence-electron chi connectivity index (χ0n) is 21.6. The lowest BCUT2D eigenvalue weighted by molar-refractivity contribution is -0.109. The fraction of sp³-hybridized carbons (Fsp3) is 0.407. The molecule has 1 aromatic heterocycles. The summed E-state index contributed by atoms with van der Waals surface area (Å²) in [7, 11) is 0. The van der Waals surface area contributed by atoms with Crippen molar-refractivity contribution in [3.63, 3.8) is 0 Å². The minimum Gasteiger partial charge on any atom is -0.444 e. The summed E-state index contributed by atoms with van der Waals surface area (Å²) in [5.41, 5.74) is 1.03. The molecule has 1 saturated heterocycles. The number of allylic oxidation sites excluding steroid dienone is 1. The normalized spacial score (nSPS) is 17.5. The molecule has 0 aliphatic carbocycles. The molecule has 1 fully saturated rings. The van der Waals surface area contributed by atoms with Gasteiger partial charge in [-0.25, -0.2) is 9.59 Å². The summed E-state index contributed by atoms with van der Waals surface area (Å²) in [4.78, 5) is 54.1. The van der Waals surface area contributed by atoms with Gasteiger partial charge in [0.1, 0.15) is 17.9 Å². The first-order valence-electron chi connectivity index (χ1n) is 12.1. The third-order valence-corrected chi connectivity index (χ3v) is 5.96. The van der Waals surface area contributed by atoms with Gasteiger partial charge in [0.05, 0.1) is 6.04 Å². The van der Waals surface area contributed by atoms with Crippen LogP contribution in [0.5, 0.6) is 0 Å². The molecule has 2 aromatic rings. The Hall–Kier alpha value is -4.08. The van der Waals surface area contributed by atoms with Gasteiger partial charge < -0.3 is 24.7 Å².